The van der Waals surface area contributed by atoms with Gasteiger partial charge in [0.1, 0.15) is 0 Å². The second kappa shape index (κ2) is 8.04. The quantitative estimate of drug-likeness (QED) is 0.850. The summed E-state index contributed by atoms with van der Waals surface area (Å²) in [5.41, 5.74) is 7.04. The lowest BCUT2D eigenvalue weighted by molar-refractivity contribution is -0.0685. The van der Waals surface area contributed by atoms with Gasteiger partial charge >= 0.3 is 0 Å². The minimum atomic E-state index is -0.338. The lowest BCUT2D eigenvalue weighted by Crippen LogP contribution is -2.49. The van der Waals surface area contributed by atoms with E-state index in [1.54, 1.807) is 0 Å². The third kappa shape index (κ3) is 3.94. The molecule has 132 valence electrons. The first-order valence-electron chi connectivity index (χ1n) is 8.46. The normalized spacial score (nSPS) is 21.0. The maximum Gasteiger partial charge on any atom is 0.273 e. The van der Waals surface area contributed by atoms with Crippen molar-refractivity contribution in [2.45, 2.75) is 19.1 Å². The Balaban J connectivity index is 1.73. The Morgan fingerprint density at radius 2 is 2.08 bits per heavy atom. The minimum absolute atomic E-state index is 0.0967. The van der Waals surface area contributed by atoms with Crippen LogP contribution in [0.1, 0.15) is 29.0 Å². The van der Waals surface area contributed by atoms with Crippen molar-refractivity contribution in [1.82, 2.24) is 20.2 Å². The van der Waals surface area contributed by atoms with E-state index in [0.29, 0.717) is 13.2 Å². The van der Waals surface area contributed by atoms with Crippen molar-refractivity contribution in [1.29, 1.82) is 0 Å². The Bertz CT molecular complexity index is 710. The summed E-state index contributed by atoms with van der Waals surface area (Å²) in [4.78, 5) is 22.6. The van der Waals surface area contributed by atoms with E-state index >= 15 is 0 Å². The van der Waals surface area contributed by atoms with E-state index < -0.39 is 0 Å². The van der Waals surface area contributed by atoms with Crippen molar-refractivity contribution in [3.63, 3.8) is 0 Å². The van der Waals surface area contributed by atoms with Crippen LogP contribution in [0.2, 0.25) is 0 Å². The zero-order valence-electron chi connectivity index (χ0n) is 14.3. The molecule has 0 spiro atoms. The van der Waals surface area contributed by atoms with Gasteiger partial charge in [0.05, 0.1) is 18.8 Å². The molecule has 1 aliphatic rings. The monoisotopic (exact) mass is 341 g/mol. The molecule has 0 saturated carbocycles. The van der Waals surface area contributed by atoms with Crippen LogP contribution < -0.4 is 11.1 Å². The van der Waals surface area contributed by atoms with Crippen molar-refractivity contribution < 1.29 is 9.53 Å². The second-order valence-electron chi connectivity index (χ2n) is 5.89. The first-order chi connectivity index (χ1) is 12.2. The van der Waals surface area contributed by atoms with Crippen LogP contribution in [0.3, 0.4) is 0 Å². The molecular weight excluding hydrogens is 318 g/mol. The zero-order valence-corrected chi connectivity index (χ0v) is 14.3. The third-order valence-electron chi connectivity index (χ3n) is 4.41. The summed E-state index contributed by atoms with van der Waals surface area (Å²) < 4.78 is 5.97. The minimum Gasteiger partial charge on any atom is -0.382 e. The molecule has 3 N–H and O–H groups in total. The number of aromatic nitrogens is 2. The molecule has 25 heavy (non-hydrogen) atoms. The van der Waals surface area contributed by atoms with Crippen LogP contribution in [-0.4, -0.2) is 53.1 Å². The average molecular weight is 341 g/mol. The van der Waals surface area contributed by atoms with Gasteiger partial charge in [-0.1, -0.05) is 37.3 Å². The summed E-state index contributed by atoms with van der Waals surface area (Å²) in [5, 5.41) is 2.88. The number of hydrogen-bond acceptors (Lipinski definition) is 6. The van der Waals surface area contributed by atoms with E-state index in [1.165, 1.54) is 18.0 Å². The Kier molecular flexibility index (Phi) is 5.57. The molecule has 2 aromatic rings. The smallest absolute Gasteiger partial charge is 0.273 e. The number of carbonyl (C=O) groups excluding carboxylic acids is 1. The highest BCUT2D eigenvalue weighted by molar-refractivity contribution is 5.96. The molecule has 2 heterocycles. The van der Waals surface area contributed by atoms with Crippen molar-refractivity contribution in [3.05, 3.63) is 54.0 Å². The van der Waals surface area contributed by atoms with E-state index in [1.807, 2.05) is 18.2 Å². The van der Waals surface area contributed by atoms with Crippen molar-refractivity contribution >= 4 is 11.7 Å². The average Bonchev–Trinajstić information content (AvgIpc) is 2.66. The van der Waals surface area contributed by atoms with Crippen LogP contribution in [0.5, 0.6) is 0 Å². The molecule has 2 atom stereocenters. The maximum absolute atomic E-state index is 12.3. The molecule has 7 nitrogen and oxygen atoms in total. The largest absolute Gasteiger partial charge is 0.382 e. The fourth-order valence-corrected chi connectivity index (χ4v) is 3.19. The zero-order chi connectivity index (χ0) is 17.6. The molecule has 1 aliphatic heterocycles. The fraction of sp³-hybridized carbons (Fsp3) is 0.389. The summed E-state index contributed by atoms with van der Waals surface area (Å²) in [5.74, 6) is -0.214. The highest BCUT2D eigenvalue weighted by Gasteiger charge is 2.33. The number of nitrogen functional groups attached to an aromatic ring is 1. The molecule has 0 bridgehead atoms. The van der Waals surface area contributed by atoms with Crippen molar-refractivity contribution in [2.75, 3.05) is 32.0 Å². The molecule has 0 radical (unpaired) electrons. The summed E-state index contributed by atoms with van der Waals surface area (Å²) in [6.45, 7) is 4.95. The highest BCUT2D eigenvalue weighted by atomic mass is 16.5. The SMILES string of the molecule is CCN1CCO[C@@H](CNC(=O)c2nccnc2N)[C@@H]1c1ccccc1. The Morgan fingerprint density at radius 1 is 1.32 bits per heavy atom. The van der Waals surface area contributed by atoms with E-state index in [0.717, 1.165) is 13.1 Å². The van der Waals surface area contributed by atoms with Gasteiger partial charge in [0.2, 0.25) is 0 Å². The standard InChI is InChI=1S/C18H23N5O2/c1-2-23-10-11-25-14(16(23)13-6-4-3-5-7-13)12-22-18(24)15-17(19)21-9-8-20-15/h3-9,14,16H,2,10-12H2,1H3,(H2,19,21)(H,22,24)/t14-,16-/m0/s1. The molecule has 1 aromatic carbocycles. The van der Waals surface area contributed by atoms with Crippen LogP contribution in [-0.2, 0) is 4.74 Å². The molecule has 7 heteroatoms. The topological polar surface area (TPSA) is 93.4 Å². The number of rotatable bonds is 5. The third-order valence-corrected chi connectivity index (χ3v) is 4.41. The summed E-state index contributed by atoms with van der Waals surface area (Å²) in [6.07, 6.45) is 2.77. The molecule has 3 rings (SSSR count). The van der Waals surface area contributed by atoms with Gasteiger partial charge in [-0.15, -0.1) is 0 Å². The Labute approximate surface area is 147 Å². The molecule has 0 unspecified atom stereocenters. The van der Waals surface area contributed by atoms with Gasteiger partial charge in [0, 0.05) is 25.5 Å². The van der Waals surface area contributed by atoms with Crippen LogP contribution in [0.15, 0.2) is 42.7 Å². The van der Waals surface area contributed by atoms with Gasteiger partial charge < -0.3 is 15.8 Å². The summed E-state index contributed by atoms with van der Waals surface area (Å²) >= 11 is 0. The van der Waals surface area contributed by atoms with Gasteiger partial charge in [0.15, 0.2) is 11.5 Å². The fourth-order valence-electron chi connectivity index (χ4n) is 3.19. The number of hydrogen-bond donors (Lipinski definition) is 2. The first kappa shape index (κ1) is 17.3. The van der Waals surface area contributed by atoms with Gasteiger partial charge in [-0.25, -0.2) is 9.97 Å². The molecule has 1 saturated heterocycles. The van der Waals surface area contributed by atoms with Gasteiger partial charge in [-0.2, -0.15) is 0 Å². The highest BCUT2D eigenvalue weighted by Crippen LogP contribution is 2.29. The Morgan fingerprint density at radius 3 is 2.80 bits per heavy atom. The number of ether oxygens (including phenoxy) is 1. The second-order valence-corrected chi connectivity index (χ2v) is 5.89. The lowest BCUT2D eigenvalue weighted by Gasteiger charge is -2.41. The number of likely N-dealkylation sites (N-methyl/N-ethyl adjacent to an activating group) is 1. The molecule has 1 aromatic heterocycles. The lowest BCUT2D eigenvalue weighted by atomic mass is 9.98. The van der Waals surface area contributed by atoms with E-state index in [9.17, 15) is 4.79 Å². The number of nitrogens with zero attached hydrogens (tertiary/aromatic N) is 3. The van der Waals surface area contributed by atoms with Crippen molar-refractivity contribution in [2.24, 2.45) is 0 Å². The number of carbonyl (C=O) groups is 1. The van der Waals surface area contributed by atoms with Crippen molar-refractivity contribution in [3.8, 4) is 0 Å². The van der Waals surface area contributed by atoms with E-state index in [-0.39, 0.29) is 29.6 Å². The van der Waals surface area contributed by atoms with E-state index in [4.69, 9.17) is 10.5 Å². The number of benzene rings is 1. The van der Waals surface area contributed by atoms with Crippen LogP contribution in [0, 0.1) is 0 Å². The maximum atomic E-state index is 12.3. The van der Waals surface area contributed by atoms with Gasteiger partial charge in [-0.05, 0) is 12.1 Å². The molecule has 1 fully saturated rings. The summed E-state index contributed by atoms with van der Waals surface area (Å²) in [6, 6.07) is 10.3. The number of anilines is 1. The number of morpholine rings is 1. The van der Waals surface area contributed by atoms with Gasteiger partial charge in [0.25, 0.3) is 5.91 Å². The molecule has 1 amide bonds. The predicted molar refractivity (Wildman–Crippen MR) is 94.9 cm³/mol. The van der Waals surface area contributed by atoms with Crippen LogP contribution in [0.25, 0.3) is 0 Å². The first-order valence-corrected chi connectivity index (χ1v) is 8.46. The predicted octanol–water partition coefficient (Wildman–Crippen LogP) is 1.25. The number of nitrogens with two attached hydrogens (primary N) is 1. The number of nitrogens with one attached hydrogen (secondary N) is 1. The van der Waals surface area contributed by atoms with Crippen LogP contribution >= 0.6 is 0 Å². The summed E-state index contributed by atoms with van der Waals surface area (Å²) in [7, 11) is 0. The number of amides is 1. The van der Waals surface area contributed by atoms with Gasteiger partial charge in [-0.3, -0.25) is 9.69 Å². The Hall–Kier alpha value is -2.51. The van der Waals surface area contributed by atoms with Crippen LogP contribution in [0.4, 0.5) is 5.82 Å². The molecular formula is C18H23N5O2. The molecule has 0 aliphatic carbocycles. The van der Waals surface area contributed by atoms with E-state index in [2.05, 4.69) is 39.2 Å².